The lowest BCUT2D eigenvalue weighted by molar-refractivity contribution is -0.117. The SMILES string of the molecule is CCN(CC)S(=O)(=O)c1cc(C)c(C)c(NC(=O)C2CC2c2ccccc2F)c1. The van der Waals surface area contributed by atoms with E-state index in [-0.39, 0.29) is 28.5 Å². The number of amides is 1. The Morgan fingerprint density at radius 2 is 1.83 bits per heavy atom. The van der Waals surface area contributed by atoms with Crippen molar-refractivity contribution in [3.05, 3.63) is 58.9 Å². The summed E-state index contributed by atoms with van der Waals surface area (Å²) in [6.07, 6.45) is 0.586. The van der Waals surface area contributed by atoms with E-state index in [1.54, 1.807) is 38.1 Å². The van der Waals surface area contributed by atoms with Gasteiger partial charge in [-0.1, -0.05) is 32.0 Å². The van der Waals surface area contributed by atoms with Crippen molar-refractivity contribution < 1.29 is 17.6 Å². The smallest absolute Gasteiger partial charge is 0.243 e. The molecule has 2 aromatic rings. The average Bonchev–Trinajstić information content (AvgIpc) is 3.47. The topological polar surface area (TPSA) is 66.5 Å². The number of anilines is 1. The summed E-state index contributed by atoms with van der Waals surface area (Å²) in [4.78, 5) is 12.9. The lowest BCUT2D eigenvalue weighted by atomic mass is 10.1. The number of hydrogen-bond donors (Lipinski definition) is 1. The summed E-state index contributed by atoms with van der Waals surface area (Å²) in [5, 5.41) is 2.88. The second-order valence-electron chi connectivity index (χ2n) is 7.46. The van der Waals surface area contributed by atoms with E-state index < -0.39 is 10.0 Å². The number of nitrogens with zero attached hydrogens (tertiary/aromatic N) is 1. The molecule has 1 aliphatic rings. The minimum absolute atomic E-state index is 0.139. The maximum absolute atomic E-state index is 14.0. The summed E-state index contributed by atoms with van der Waals surface area (Å²) in [7, 11) is -3.63. The summed E-state index contributed by atoms with van der Waals surface area (Å²) in [5.41, 5.74) is 2.65. The highest BCUT2D eigenvalue weighted by molar-refractivity contribution is 7.89. The number of aryl methyl sites for hydroxylation is 1. The Bertz CT molecular complexity index is 1030. The quantitative estimate of drug-likeness (QED) is 0.732. The van der Waals surface area contributed by atoms with Crippen molar-refractivity contribution in [1.29, 1.82) is 0 Å². The molecule has 3 rings (SSSR count). The van der Waals surface area contributed by atoms with Crippen LogP contribution in [0.2, 0.25) is 0 Å². The fourth-order valence-corrected chi connectivity index (χ4v) is 5.22. The number of rotatable bonds is 7. The van der Waals surface area contributed by atoms with Crippen molar-refractivity contribution in [1.82, 2.24) is 4.31 Å². The van der Waals surface area contributed by atoms with E-state index >= 15 is 0 Å². The highest BCUT2D eigenvalue weighted by Crippen LogP contribution is 2.48. The molecule has 2 atom stereocenters. The van der Waals surface area contributed by atoms with Gasteiger partial charge in [-0.15, -0.1) is 0 Å². The van der Waals surface area contributed by atoms with Crippen LogP contribution in [-0.4, -0.2) is 31.7 Å². The molecule has 0 bridgehead atoms. The number of benzene rings is 2. The van der Waals surface area contributed by atoms with Crippen molar-refractivity contribution in [2.75, 3.05) is 18.4 Å². The van der Waals surface area contributed by atoms with E-state index in [4.69, 9.17) is 0 Å². The number of hydrogen-bond acceptors (Lipinski definition) is 3. The Morgan fingerprint density at radius 3 is 2.45 bits per heavy atom. The van der Waals surface area contributed by atoms with Crippen LogP contribution in [0, 0.1) is 25.6 Å². The third-order valence-corrected chi connectivity index (χ3v) is 7.70. The zero-order valence-electron chi connectivity index (χ0n) is 17.2. The molecule has 0 aromatic heterocycles. The minimum Gasteiger partial charge on any atom is -0.326 e. The van der Waals surface area contributed by atoms with Gasteiger partial charge in [-0.25, -0.2) is 12.8 Å². The molecule has 2 unspecified atom stereocenters. The van der Waals surface area contributed by atoms with Crippen LogP contribution in [0.3, 0.4) is 0 Å². The zero-order chi connectivity index (χ0) is 21.3. The van der Waals surface area contributed by atoms with Crippen molar-refractivity contribution >= 4 is 21.6 Å². The van der Waals surface area contributed by atoms with Crippen molar-refractivity contribution in [2.24, 2.45) is 5.92 Å². The monoisotopic (exact) mass is 418 g/mol. The van der Waals surface area contributed by atoms with Crippen LogP contribution in [0.1, 0.15) is 42.9 Å². The number of sulfonamides is 1. The molecule has 156 valence electrons. The maximum atomic E-state index is 14.0. The molecule has 29 heavy (non-hydrogen) atoms. The van der Waals surface area contributed by atoms with Crippen LogP contribution in [0.4, 0.5) is 10.1 Å². The zero-order valence-corrected chi connectivity index (χ0v) is 18.0. The van der Waals surface area contributed by atoms with Gasteiger partial charge in [-0.2, -0.15) is 4.31 Å². The number of halogens is 1. The van der Waals surface area contributed by atoms with Crippen molar-refractivity contribution in [3.8, 4) is 0 Å². The van der Waals surface area contributed by atoms with Gasteiger partial charge in [-0.05, 0) is 61.1 Å². The molecule has 0 aliphatic heterocycles. The first-order chi connectivity index (χ1) is 13.7. The Labute approximate surface area is 172 Å². The van der Waals surface area contributed by atoms with Crippen LogP contribution < -0.4 is 5.32 Å². The standard InChI is InChI=1S/C22H27FN2O3S/c1-5-25(6-2)29(27,28)16-11-14(3)15(4)21(12-16)24-22(26)19-13-18(19)17-9-7-8-10-20(17)23/h7-12,18-19H,5-6,13H2,1-4H3,(H,24,26). The molecular formula is C22H27FN2O3S. The Kier molecular flexibility index (Phi) is 6.10. The Balaban J connectivity index is 1.84. The van der Waals surface area contributed by atoms with E-state index in [1.165, 1.54) is 16.4 Å². The van der Waals surface area contributed by atoms with Crippen LogP contribution in [0.25, 0.3) is 0 Å². The average molecular weight is 419 g/mol. The Hall–Kier alpha value is -2.25. The molecule has 1 aliphatic carbocycles. The summed E-state index contributed by atoms with van der Waals surface area (Å²) in [6.45, 7) is 8.01. The maximum Gasteiger partial charge on any atom is 0.243 e. The molecule has 0 heterocycles. The van der Waals surface area contributed by atoms with E-state index in [9.17, 15) is 17.6 Å². The molecular weight excluding hydrogens is 391 g/mol. The highest BCUT2D eigenvalue weighted by Gasteiger charge is 2.45. The van der Waals surface area contributed by atoms with Gasteiger partial charge < -0.3 is 5.32 Å². The first-order valence-electron chi connectivity index (χ1n) is 9.87. The van der Waals surface area contributed by atoms with Gasteiger partial charge in [0.1, 0.15) is 5.82 Å². The lowest BCUT2D eigenvalue weighted by Gasteiger charge is -2.20. The summed E-state index contributed by atoms with van der Waals surface area (Å²) < 4.78 is 41.1. The molecule has 7 heteroatoms. The molecule has 5 nitrogen and oxygen atoms in total. The van der Waals surface area contributed by atoms with Crippen LogP contribution >= 0.6 is 0 Å². The predicted molar refractivity (Wildman–Crippen MR) is 112 cm³/mol. The Morgan fingerprint density at radius 1 is 1.17 bits per heavy atom. The van der Waals surface area contributed by atoms with Crippen LogP contribution in [-0.2, 0) is 14.8 Å². The fraction of sp³-hybridized carbons (Fsp3) is 0.409. The van der Waals surface area contributed by atoms with Gasteiger partial charge in [0.25, 0.3) is 0 Å². The fourth-order valence-electron chi connectivity index (χ4n) is 3.65. The second-order valence-corrected chi connectivity index (χ2v) is 9.40. The van der Waals surface area contributed by atoms with E-state index in [0.29, 0.717) is 30.8 Å². The molecule has 1 amide bonds. The summed E-state index contributed by atoms with van der Waals surface area (Å²) in [5.74, 6) is -0.958. The third-order valence-electron chi connectivity index (χ3n) is 5.67. The van der Waals surface area contributed by atoms with E-state index in [2.05, 4.69) is 5.32 Å². The first-order valence-corrected chi connectivity index (χ1v) is 11.3. The normalized spacial score (nSPS) is 18.7. The van der Waals surface area contributed by atoms with Gasteiger partial charge in [0.2, 0.25) is 15.9 Å². The molecule has 1 saturated carbocycles. The summed E-state index contributed by atoms with van der Waals surface area (Å²) in [6, 6.07) is 9.66. The molecule has 2 aromatic carbocycles. The van der Waals surface area contributed by atoms with Crippen molar-refractivity contribution in [3.63, 3.8) is 0 Å². The lowest BCUT2D eigenvalue weighted by Crippen LogP contribution is -2.30. The third kappa shape index (κ3) is 4.21. The van der Waals surface area contributed by atoms with Gasteiger partial charge >= 0.3 is 0 Å². The predicted octanol–water partition coefficient (Wildman–Crippen LogP) is 4.22. The van der Waals surface area contributed by atoms with Gasteiger partial charge in [0, 0.05) is 24.7 Å². The largest absolute Gasteiger partial charge is 0.326 e. The van der Waals surface area contributed by atoms with E-state index in [0.717, 1.165) is 11.1 Å². The number of carbonyl (C=O) groups is 1. The highest BCUT2D eigenvalue weighted by atomic mass is 32.2. The van der Waals surface area contributed by atoms with Crippen LogP contribution in [0.15, 0.2) is 41.3 Å². The molecule has 0 radical (unpaired) electrons. The molecule has 1 N–H and O–H groups in total. The first kappa shape index (κ1) is 21.5. The summed E-state index contributed by atoms with van der Waals surface area (Å²) >= 11 is 0. The van der Waals surface area contributed by atoms with E-state index in [1.807, 2.05) is 13.8 Å². The van der Waals surface area contributed by atoms with Crippen LogP contribution in [0.5, 0.6) is 0 Å². The van der Waals surface area contributed by atoms with Gasteiger partial charge in [0.05, 0.1) is 4.90 Å². The van der Waals surface area contributed by atoms with Crippen molar-refractivity contribution in [2.45, 2.75) is 44.9 Å². The van der Waals surface area contributed by atoms with Gasteiger partial charge in [0.15, 0.2) is 0 Å². The second kappa shape index (κ2) is 8.24. The molecule has 0 saturated heterocycles. The number of nitrogens with one attached hydrogen (secondary N) is 1. The molecule has 1 fully saturated rings. The number of carbonyl (C=O) groups excluding carboxylic acids is 1. The van der Waals surface area contributed by atoms with Gasteiger partial charge in [-0.3, -0.25) is 4.79 Å². The minimum atomic E-state index is -3.63. The molecule has 0 spiro atoms.